The molecule has 0 amide bonds. The number of hydrogen-bond donors (Lipinski definition) is 2. The number of benzene rings is 1. The molecule has 1 aromatic carbocycles. The molecule has 82 valence electrons. The number of carbonyl (C=O) groups is 1. The summed E-state index contributed by atoms with van der Waals surface area (Å²) < 4.78 is 0. The first-order valence-electron chi connectivity index (χ1n) is 4.81. The molecule has 0 aromatic heterocycles. The van der Waals surface area contributed by atoms with Gasteiger partial charge in [-0.25, -0.2) is 0 Å². The minimum absolute atomic E-state index is 0.0330. The van der Waals surface area contributed by atoms with E-state index >= 15 is 0 Å². The van der Waals surface area contributed by atoms with Crippen molar-refractivity contribution >= 4 is 17.7 Å². The molecule has 2 rings (SSSR count). The van der Waals surface area contributed by atoms with E-state index in [1.165, 1.54) is 0 Å². The zero-order valence-electron chi connectivity index (χ0n) is 8.38. The number of rotatable bonds is 2. The van der Waals surface area contributed by atoms with Crippen molar-refractivity contribution in [1.82, 2.24) is 5.32 Å². The molecule has 1 aromatic rings. The lowest BCUT2D eigenvalue weighted by Gasteiger charge is -2.11. The molecule has 2 atom stereocenters. The summed E-state index contributed by atoms with van der Waals surface area (Å²) in [7, 11) is 0. The number of carboxylic acids is 1. The quantitative estimate of drug-likeness (QED) is 0.808. The summed E-state index contributed by atoms with van der Waals surface area (Å²) in [5.74, 6) is -0.275. The molecule has 0 saturated carbocycles. The highest BCUT2D eigenvalue weighted by Gasteiger charge is 2.30. The second-order valence-corrected chi connectivity index (χ2v) is 4.65. The van der Waals surface area contributed by atoms with Crippen LogP contribution in [0.15, 0.2) is 24.3 Å². The summed E-state index contributed by atoms with van der Waals surface area (Å²) in [4.78, 5) is 10.8. The van der Waals surface area contributed by atoms with E-state index in [9.17, 15) is 4.79 Å². The highest BCUT2D eigenvalue weighted by Crippen LogP contribution is 2.32. The molecule has 1 unspecified atom stereocenters. The van der Waals surface area contributed by atoms with E-state index < -0.39 is 12.0 Å². The standard InChI is InChI=1S/C11H10N2O2S/c12-5-7-2-1-3-8(4-7)10-13-9(6-16-10)11(14)15/h1-4,9-10,13H,6H2,(H,14,15)/t9-,10?/m0/s1. The summed E-state index contributed by atoms with van der Waals surface area (Å²) in [6, 6.07) is 8.80. The van der Waals surface area contributed by atoms with Crippen LogP contribution in [-0.2, 0) is 4.79 Å². The molecular weight excluding hydrogens is 224 g/mol. The number of hydrogen-bond acceptors (Lipinski definition) is 4. The first-order chi connectivity index (χ1) is 7.70. The average Bonchev–Trinajstić information content (AvgIpc) is 2.78. The maximum atomic E-state index is 10.8. The average molecular weight is 234 g/mol. The van der Waals surface area contributed by atoms with E-state index in [-0.39, 0.29) is 5.37 Å². The number of nitrogens with zero attached hydrogens (tertiary/aromatic N) is 1. The summed E-state index contributed by atoms with van der Waals surface area (Å²) in [5, 5.41) is 20.6. The van der Waals surface area contributed by atoms with Crippen LogP contribution in [0.4, 0.5) is 0 Å². The Morgan fingerprint density at radius 1 is 1.62 bits per heavy atom. The van der Waals surface area contributed by atoms with Crippen molar-refractivity contribution in [3.8, 4) is 6.07 Å². The van der Waals surface area contributed by atoms with Crippen LogP contribution in [0.3, 0.4) is 0 Å². The van der Waals surface area contributed by atoms with Crippen LogP contribution in [0.5, 0.6) is 0 Å². The molecule has 5 heteroatoms. The largest absolute Gasteiger partial charge is 0.480 e. The van der Waals surface area contributed by atoms with E-state index in [4.69, 9.17) is 10.4 Å². The molecule has 1 aliphatic heterocycles. The minimum Gasteiger partial charge on any atom is -0.480 e. The van der Waals surface area contributed by atoms with E-state index in [0.29, 0.717) is 11.3 Å². The smallest absolute Gasteiger partial charge is 0.321 e. The zero-order chi connectivity index (χ0) is 11.5. The molecule has 1 saturated heterocycles. The fraction of sp³-hybridized carbons (Fsp3) is 0.273. The van der Waals surface area contributed by atoms with Gasteiger partial charge < -0.3 is 5.11 Å². The van der Waals surface area contributed by atoms with Crippen LogP contribution in [0, 0.1) is 11.3 Å². The maximum Gasteiger partial charge on any atom is 0.321 e. The van der Waals surface area contributed by atoms with Crippen LogP contribution < -0.4 is 5.32 Å². The van der Waals surface area contributed by atoms with Crippen molar-refractivity contribution in [2.45, 2.75) is 11.4 Å². The molecule has 1 aliphatic rings. The first-order valence-corrected chi connectivity index (χ1v) is 5.86. The van der Waals surface area contributed by atoms with Crippen molar-refractivity contribution in [2.24, 2.45) is 0 Å². The number of aliphatic carboxylic acids is 1. The topological polar surface area (TPSA) is 73.1 Å². The second-order valence-electron chi connectivity index (χ2n) is 3.51. The van der Waals surface area contributed by atoms with E-state index in [0.717, 1.165) is 5.56 Å². The van der Waals surface area contributed by atoms with E-state index in [1.54, 1.807) is 23.9 Å². The van der Waals surface area contributed by atoms with Gasteiger partial charge in [-0.1, -0.05) is 12.1 Å². The number of nitrogens with one attached hydrogen (secondary N) is 1. The van der Waals surface area contributed by atoms with Crippen molar-refractivity contribution < 1.29 is 9.90 Å². The minimum atomic E-state index is -0.827. The van der Waals surface area contributed by atoms with Gasteiger partial charge in [0.05, 0.1) is 17.0 Å². The Hall–Kier alpha value is -1.51. The third-order valence-corrected chi connectivity index (χ3v) is 3.67. The van der Waals surface area contributed by atoms with Gasteiger partial charge in [0.15, 0.2) is 0 Å². The van der Waals surface area contributed by atoms with Gasteiger partial charge >= 0.3 is 5.97 Å². The SMILES string of the molecule is N#Cc1cccc(C2N[C@H](C(=O)O)CS2)c1. The highest BCUT2D eigenvalue weighted by molar-refractivity contribution is 7.99. The van der Waals surface area contributed by atoms with Gasteiger partial charge in [-0.15, -0.1) is 11.8 Å². The number of nitriles is 1. The lowest BCUT2D eigenvalue weighted by Crippen LogP contribution is -2.33. The summed E-state index contributed by atoms with van der Waals surface area (Å²) in [5.41, 5.74) is 1.55. The Morgan fingerprint density at radius 3 is 3.06 bits per heavy atom. The number of thioether (sulfide) groups is 1. The van der Waals surface area contributed by atoms with Crippen LogP contribution in [0.1, 0.15) is 16.5 Å². The van der Waals surface area contributed by atoms with Gasteiger partial charge in [-0.3, -0.25) is 10.1 Å². The molecule has 1 heterocycles. The van der Waals surface area contributed by atoms with E-state index in [1.807, 2.05) is 12.1 Å². The van der Waals surface area contributed by atoms with Crippen LogP contribution in [-0.4, -0.2) is 22.9 Å². The van der Waals surface area contributed by atoms with Crippen LogP contribution >= 0.6 is 11.8 Å². The van der Waals surface area contributed by atoms with Gasteiger partial charge in [0.1, 0.15) is 6.04 Å². The van der Waals surface area contributed by atoms with Crippen LogP contribution in [0.25, 0.3) is 0 Å². The molecule has 1 fully saturated rings. The third kappa shape index (κ3) is 2.18. The van der Waals surface area contributed by atoms with Crippen molar-refractivity contribution in [3.63, 3.8) is 0 Å². The third-order valence-electron chi connectivity index (χ3n) is 2.40. The number of carboxylic acid groups (broad SMARTS) is 1. The molecule has 0 bridgehead atoms. The normalized spacial score (nSPS) is 23.9. The van der Waals surface area contributed by atoms with Gasteiger partial charge in [0, 0.05) is 5.75 Å². The Balaban J connectivity index is 2.14. The lowest BCUT2D eigenvalue weighted by molar-refractivity contribution is -0.138. The molecule has 0 spiro atoms. The molecule has 0 radical (unpaired) electrons. The summed E-state index contributed by atoms with van der Waals surface area (Å²) >= 11 is 1.55. The van der Waals surface area contributed by atoms with E-state index in [2.05, 4.69) is 11.4 Å². The Bertz CT molecular complexity index is 456. The summed E-state index contributed by atoms with van der Waals surface area (Å²) in [6.45, 7) is 0. The van der Waals surface area contributed by atoms with Crippen molar-refractivity contribution in [3.05, 3.63) is 35.4 Å². The molecule has 4 nitrogen and oxygen atoms in total. The van der Waals surface area contributed by atoms with Crippen LogP contribution in [0.2, 0.25) is 0 Å². The highest BCUT2D eigenvalue weighted by atomic mass is 32.2. The molecule has 16 heavy (non-hydrogen) atoms. The van der Waals surface area contributed by atoms with Gasteiger partial charge in [-0.2, -0.15) is 5.26 Å². The monoisotopic (exact) mass is 234 g/mol. The maximum absolute atomic E-state index is 10.8. The molecule has 2 N–H and O–H groups in total. The first kappa shape index (κ1) is 11.0. The second kappa shape index (κ2) is 4.56. The zero-order valence-corrected chi connectivity index (χ0v) is 9.20. The fourth-order valence-electron chi connectivity index (χ4n) is 1.58. The predicted octanol–water partition coefficient (Wildman–Crippen LogP) is 1.35. The summed E-state index contributed by atoms with van der Waals surface area (Å²) in [6.07, 6.45) is 0. The fourth-order valence-corrected chi connectivity index (χ4v) is 2.80. The lowest BCUT2D eigenvalue weighted by atomic mass is 10.1. The van der Waals surface area contributed by atoms with Gasteiger partial charge in [-0.05, 0) is 17.7 Å². The van der Waals surface area contributed by atoms with Gasteiger partial charge in [0.2, 0.25) is 0 Å². The Kier molecular flexibility index (Phi) is 3.13. The Labute approximate surface area is 97.3 Å². The molecule has 0 aliphatic carbocycles. The van der Waals surface area contributed by atoms with Gasteiger partial charge in [0.25, 0.3) is 0 Å². The Morgan fingerprint density at radius 2 is 2.44 bits per heavy atom. The molecular formula is C11H10N2O2S. The predicted molar refractivity (Wildman–Crippen MR) is 60.9 cm³/mol. The van der Waals surface area contributed by atoms with Crippen molar-refractivity contribution in [1.29, 1.82) is 5.26 Å². The van der Waals surface area contributed by atoms with Crippen molar-refractivity contribution in [2.75, 3.05) is 5.75 Å².